The largest absolute Gasteiger partial charge is 0.324 e. The van der Waals surface area contributed by atoms with E-state index in [9.17, 15) is 0 Å². The Labute approximate surface area is 123 Å². The molecule has 1 aliphatic carbocycles. The topological polar surface area (TPSA) is 26.0 Å². The van der Waals surface area contributed by atoms with Gasteiger partial charge in [-0.3, -0.25) is 0 Å². The minimum atomic E-state index is 0.131. The van der Waals surface area contributed by atoms with Crippen molar-refractivity contribution in [1.82, 2.24) is 0 Å². The molecule has 1 fully saturated rings. The number of benzene rings is 1. The van der Waals surface area contributed by atoms with E-state index in [1.165, 1.54) is 37.7 Å². The Bertz CT molecular complexity index is 407. The van der Waals surface area contributed by atoms with Crippen LogP contribution in [0.25, 0.3) is 0 Å². The molecule has 18 heavy (non-hydrogen) atoms. The minimum Gasteiger partial charge on any atom is -0.324 e. The second-order valence-electron chi connectivity index (χ2n) is 5.39. The van der Waals surface area contributed by atoms with E-state index in [0.717, 1.165) is 15.4 Å². The molecule has 3 unspecified atom stereocenters. The van der Waals surface area contributed by atoms with Gasteiger partial charge in [-0.1, -0.05) is 59.8 Å². The molecule has 2 rings (SSSR count). The number of hydrogen-bond donors (Lipinski definition) is 1. The van der Waals surface area contributed by atoms with Gasteiger partial charge >= 0.3 is 0 Å². The lowest BCUT2D eigenvalue weighted by molar-refractivity contribution is 0.230. The van der Waals surface area contributed by atoms with Gasteiger partial charge in [0.15, 0.2) is 0 Å². The Kier molecular flexibility index (Phi) is 5.11. The number of hydrogen-bond acceptors (Lipinski definition) is 1. The van der Waals surface area contributed by atoms with E-state index >= 15 is 0 Å². The smallest absolute Gasteiger partial charge is 0.0417 e. The Morgan fingerprint density at radius 1 is 1.44 bits per heavy atom. The maximum Gasteiger partial charge on any atom is 0.0417 e. The van der Waals surface area contributed by atoms with Crippen molar-refractivity contribution in [3.8, 4) is 0 Å². The summed E-state index contributed by atoms with van der Waals surface area (Å²) in [6, 6.07) is 6.07. The van der Waals surface area contributed by atoms with Crippen LogP contribution in [-0.4, -0.2) is 0 Å². The maximum absolute atomic E-state index is 6.46. The van der Waals surface area contributed by atoms with Gasteiger partial charge in [0.25, 0.3) is 0 Å². The molecule has 0 bridgehead atoms. The summed E-state index contributed by atoms with van der Waals surface area (Å²) in [6.45, 7) is 2.29. The Morgan fingerprint density at radius 3 is 2.89 bits per heavy atom. The number of nitrogens with two attached hydrogens (primary N) is 1. The fraction of sp³-hybridized carbons (Fsp3) is 0.600. The summed E-state index contributed by atoms with van der Waals surface area (Å²) >= 11 is 9.56. The lowest BCUT2D eigenvalue weighted by atomic mass is 9.75. The predicted molar refractivity (Wildman–Crippen MR) is 81.8 cm³/mol. The minimum absolute atomic E-state index is 0.131. The second kappa shape index (κ2) is 6.40. The Balaban J connectivity index is 2.12. The first-order valence-electron chi connectivity index (χ1n) is 6.82. The van der Waals surface area contributed by atoms with E-state index < -0.39 is 0 Å². The van der Waals surface area contributed by atoms with Crippen LogP contribution in [0.3, 0.4) is 0 Å². The lowest BCUT2D eigenvalue weighted by Crippen LogP contribution is -2.27. The quantitative estimate of drug-likeness (QED) is 0.797. The van der Waals surface area contributed by atoms with Gasteiger partial charge in [-0.2, -0.15) is 0 Å². The molecule has 0 aliphatic heterocycles. The zero-order chi connectivity index (χ0) is 13.1. The molecule has 1 aliphatic rings. The second-order valence-corrected chi connectivity index (χ2v) is 6.68. The van der Waals surface area contributed by atoms with Crippen LogP contribution in [0, 0.1) is 11.8 Å². The first-order valence-corrected chi connectivity index (χ1v) is 7.99. The molecule has 0 saturated heterocycles. The molecule has 2 N–H and O–H groups in total. The monoisotopic (exact) mass is 329 g/mol. The van der Waals surface area contributed by atoms with Crippen molar-refractivity contribution < 1.29 is 0 Å². The van der Waals surface area contributed by atoms with Gasteiger partial charge in [-0.05, 0) is 42.4 Å². The summed E-state index contributed by atoms with van der Waals surface area (Å²) in [7, 11) is 0. The lowest BCUT2D eigenvalue weighted by Gasteiger charge is -2.33. The van der Waals surface area contributed by atoms with Crippen LogP contribution in [0.15, 0.2) is 22.7 Å². The normalized spacial score (nSPS) is 26.0. The summed E-state index contributed by atoms with van der Waals surface area (Å²) in [5.74, 6) is 1.47. The third-order valence-corrected chi connectivity index (χ3v) is 5.15. The molecule has 1 saturated carbocycles. The van der Waals surface area contributed by atoms with Crippen LogP contribution in [-0.2, 0) is 0 Å². The third-order valence-electron chi connectivity index (χ3n) is 4.23. The maximum atomic E-state index is 6.46. The highest BCUT2D eigenvalue weighted by molar-refractivity contribution is 9.10. The van der Waals surface area contributed by atoms with Crippen LogP contribution < -0.4 is 5.73 Å². The molecule has 0 heterocycles. The van der Waals surface area contributed by atoms with Crippen LogP contribution in [0.4, 0.5) is 0 Å². The average Bonchev–Trinajstić information content (AvgIpc) is 2.38. The van der Waals surface area contributed by atoms with Crippen molar-refractivity contribution in [1.29, 1.82) is 0 Å². The van der Waals surface area contributed by atoms with Gasteiger partial charge in [0.2, 0.25) is 0 Å². The molecule has 3 atom stereocenters. The van der Waals surface area contributed by atoms with Crippen LogP contribution >= 0.6 is 27.5 Å². The van der Waals surface area contributed by atoms with Gasteiger partial charge in [0.05, 0.1) is 0 Å². The van der Waals surface area contributed by atoms with Gasteiger partial charge in [-0.25, -0.2) is 0 Å². The molecule has 0 aromatic heterocycles. The summed E-state index contributed by atoms with van der Waals surface area (Å²) in [5, 5.41) is 0.757. The van der Waals surface area contributed by atoms with E-state index in [-0.39, 0.29) is 6.04 Å². The molecule has 0 spiro atoms. The van der Waals surface area contributed by atoms with Crippen molar-refractivity contribution in [2.24, 2.45) is 17.6 Å². The molecule has 1 aromatic rings. The van der Waals surface area contributed by atoms with Crippen molar-refractivity contribution >= 4 is 27.5 Å². The fourth-order valence-corrected chi connectivity index (χ4v) is 4.00. The predicted octanol–water partition coefficient (Wildman–Crippen LogP) is 5.32. The van der Waals surface area contributed by atoms with E-state index in [0.29, 0.717) is 5.92 Å². The van der Waals surface area contributed by atoms with Gasteiger partial charge in [0, 0.05) is 15.5 Å². The van der Waals surface area contributed by atoms with Crippen molar-refractivity contribution in [2.45, 2.75) is 45.1 Å². The zero-order valence-corrected chi connectivity index (χ0v) is 13.2. The molecule has 0 amide bonds. The molecular weight excluding hydrogens is 310 g/mol. The van der Waals surface area contributed by atoms with Crippen molar-refractivity contribution in [2.75, 3.05) is 0 Å². The zero-order valence-electron chi connectivity index (χ0n) is 10.8. The van der Waals surface area contributed by atoms with Crippen molar-refractivity contribution in [3.63, 3.8) is 0 Å². The molecular formula is C15H21BrClN. The molecule has 1 aromatic carbocycles. The summed E-state index contributed by atoms with van der Waals surface area (Å²) in [4.78, 5) is 0. The van der Waals surface area contributed by atoms with E-state index in [4.69, 9.17) is 17.3 Å². The Morgan fingerprint density at radius 2 is 2.22 bits per heavy atom. The first-order chi connectivity index (χ1) is 8.61. The molecule has 100 valence electrons. The number of rotatable bonds is 3. The molecule has 0 radical (unpaired) electrons. The Hall–Kier alpha value is -0.0500. The number of halogens is 2. The van der Waals surface area contributed by atoms with Crippen molar-refractivity contribution in [3.05, 3.63) is 33.3 Å². The molecule has 1 nitrogen and oxygen atoms in total. The standard InChI is InChI=1S/C15H21BrClN/c1-2-10-4-3-5-11(8-10)15(18)13-7-6-12(17)9-14(13)16/h6-7,9-11,15H,2-5,8,18H2,1H3. The summed E-state index contributed by atoms with van der Waals surface area (Å²) in [6.07, 6.45) is 6.51. The average molecular weight is 331 g/mol. The fourth-order valence-electron chi connectivity index (χ4n) is 3.06. The van der Waals surface area contributed by atoms with Crippen LogP contribution in [0.1, 0.15) is 50.6 Å². The third kappa shape index (κ3) is 3.28. The SMILES string of the molecule is CCC1CCCC(C(N)c2ccc(Cl)cc2Br)C1. The highest BCUT2D eigenvalue weighted by Crippen LogP contribution is 2.39. The first kappa shape index (κ1) is 14.4. The highest BCUT2D eigenvalue weighted by Gasteiger charge is 2.27. The van der Waals surface area contributed by atoms with E-state index in [1.54, 1.807) is 0 Å². The van der Waals surface area contributed by atoms with E-state index in [2.05, 4.69) is 28.9 Å². The van der Waals surface area contributed by atoms with Gasteiger partial charge < -0.3 is 5.73 Å². The van der Waals surface area contributed by atoms with Crippen LogP contribution in [0.5, 0.6) is 0 Å². The van der Waals surface area contributed by atoms with Gasteiger partial charge in [-0.15, -0.1) is 0 Å². The van der Waals surface area contributed by atoms with Crippen LogP contribution in [0.2, 0.25) is 5.02 Å². The highest BCUT2D eigenvalue weighted by atomic mass is 79.9. The van der Waals surface area contributed by atoms with Gasteiger partial charge in [0.1, 0.15) is 0 Å². The van der Waals surface area contributed by atoms with E-state index in [1.807, 2.05) is 12.1 Å². The molecule has 3 heteroatoms. The summed E-state index contributed by atoms with van der Waals surface area (Å²) < 4.78 is 1.04. The summed E-state index contributed by atoms with van der Waals surface area (Å²) in [5.41, 5.74) is 7.66.